The molecule has 5 nitrogen and oxygen atoms in total. The van der Waals surface area contributed by atoms with Crippen LogP contribution in [0.4, 0.5) is 5.82 Å². The molecular weight excluding hydrogens is 348 g/mol. The molecule has 1 amide bonds. The van der Waals surface area contributed by atoms with Crippen LogP contribution in [0.1, 0.15) is 27.2 Å². The fourth-order valence-electron chi connectivity index (χ4n) is 3.23. The molecule has 0 atom stereocenters. The van der Waals surface area contributed by atoms with Crippen LogP contribution < -0.4 is 5.32 Å². The molecule has 0 bridgehead atoms. The summed E-state index contributed by atoms with van der Waals surface area (Å²) in [6.07, 6.45) is 0.856. The Kier molecular flexibility index (Phi) is 4.73. The van der Waals surface area contributed by atoms with Crippen LogP contribution in [0.2, 0.25) is 5.02 Å². The highest BCUT2D eigenvalue weighted by atomic mass is 35.5. The zero-order valence-corrected chi connectivity index (χ0v) is 15.0. The maximum atomic E-state index is 12.4. The highest BCUT2D eigenvalue weighted by molar-refractivity contribution is 6.30. The number of nitrogens with zero attached hydrogens (tertiary/aromatic N) is 2. The second kappa shape index (κ2) is 7.32. The van der Waals surface area contributed by atoms with Gasteiger partial charge in [0.15, 0.2) is 5.82 Å². The first-order valence-corrected chi connectivity index (χ1v) is 8.96. The van der Waals surface area contributed by atoms with Gasteiger partial charge in [-0.1, -0.05) is 41.9 Å². The Morgan fingerprint density at radius 1 is 1.15 bits per heavy atom. The van der Waals surface area contributed by atoms with Gasteiger partial charge in [-0.2, -0.15) is 5.10 Å². The van der Waals surface area contributed by atoms with Crippen LogP contribution in [-0.4, -0.2) is 27.5 Å². The summed E-state index contributed by atoms with van der Waals surface area (Å²) in [5.41, 5.74) is 4.02. The molecule has 0 unspecified atom stereocenters. The number of benzene rings is 2. The second-order valence-corrected chi connectivity index (χ2v) is 6.87. The van der Waals surface area contributed by atoms with Gasteiger partial charge >= 0.3 is 0 Å². The van der Waals surface area contributed by atoms with Crippen LogP contribution in [0.25, 0.3) is 0 Å². The first-order chi connectivity index (χ1) is 12.7. The topological polar surface area (TPSA) is 61.0 Å². The smallest absolute Gasteiger partial charge is 0.256 e. The minimum atomic E-state index is -0.178. The number of anilines is 1. The van der Waals surface area contributed by atoms with E-state index in [1.54, 1.807) is 24.3 Å². The number of aromatic nitrogens is 2. The molecule has 1 aliphatic heterocycles. The van der Waals surface area contributed by atoms with Gasteiger partial charge in [0.2, 0.25) is 0 Å². The molecule has 1 aromatic heterocycles. The maximum Gasteiger partial charge on any atom is 0.256 e. The van der Waals surface area contributed by atoms with Crippen LogP contribution in [0, 0.1) is 0 Å². The summed E-state index contributed by atoms with van der Waals surface area (Å²) >= 11 is 5.87. The van der Waals surface area contributed by atoms with Crippen LogP contribution in [0.15, 0.2) is 54.6 Å². The lowest BCUT2D eigenvalue weighted by atomic mass is 10.1. The van der Waals surface area contributed by atoms with E-state index >= 15 is 0 Å². The van der Waals surface area contributed by atoms with Crippen molar-refractivity contribution in [3.8, 4) is 0 Å². The number of aromatic amines is 1. The third-order valence-corrected chi connectivity index (χ3v) is 4.85. The number of carbonyl (C=O) groups excluding carboxylic acids is 1. The summed E-state index contributed by atoms with van der Waals surface area (Å²) in [6, 6.07) is 17.3. The lowest BCUT2D eigenvalue weighted by molar-refractivity contribution is 0.102. The molecule has 6 heteroatoms. The molecule has 0 saturated carbocycles. The van der Waals surface area contributed by atoms with Crippen molar-refractivity contribution in [3.63, 3.8) is 0 Å². The van der Waals surface area contributed by atoms with Crippen molar-refractivity contribution in [1.82, 2.24) is 15.1 Å². The predicted molar refractivity (Wildman–Crippen MR) is 102 cm³/mol. The lowest BCUT2D eigenvalue weighted by Gasteiger charge is -2.26. The number of amides is 1. The van der Waals surface area contributed by atoms with E-state index in [1.807, 2.05) is 6.07 Å². The van der Waals surface area contributed by atoms with Gasteiger partial charge in [0.1, 0.15) is 0 Å². The fraction of sp³-hybridized carbons (Fsp3) is 0.200. The van der Waals surface area contributed by atoms with Crippen LogP contribution in [0.5, 0.6) is 0 Å². The van der Waals surface area contributed by atoms with Crippen molar-refractivity contribution < 1.29 is 4.79 Å². The van der Waals surface area contributed by atoms with Crippen molar-refractivity contribution in [1.29, 1.82) is 0 Å². The van der Waals surface area contributed by atoms with Gasteiger partial charge in [0.05, 0.1) is 5.69 Å². The second-order valence-electron chi connectivity index (χ2n) is 6.44. The predicted octanol–water partition coefficient (Wildman–Crippen LogP) is 3.87. The number of rotatable bonds is 4. The number of fused-ring (bicyclic) bond motifs is 1. The molecule has 3 aromatic rings. The number of halogens is 1. The number of nitrogens with one attached hydrogen (secondary N) is 2. The molecule has 2 N–H and O–H groups in total. The molecule has 0 saturated heterocycles. The fourth-order valence-corrected chi connectivity index (χ4v) is 3.36. The summed E-state index contributed by atoms with van der Waals surface area (Å²) in [4.78, 5) is 14.8. The summed E-state index contributed by atoms with van der Waals surface area (Å²) in [5, 5.41) is 10.9. The third kappa shape index (κ3) is 3.64. The van der Waals surface area contributed by atoms with Crippen molar-refractivity contribution in [2.24, 2.45) is 0 Å². The summed E-state index contributed by atoms with van der Waals surface area (Å²) in [5.74, 6) is 0.446. The first kappa shape index (κ1) is 16.8. The lowest BCUT2D eigenvalue weighted by Crippen LogP contribution is -2.30. The molecule has 132 valence electrons. The van der Waals surface area contributed by atoms with Gasteiger partial charge in [-0.3, -0.25) is 14.8 Å². The van der Waals surface area contributed by atoms with E-state index in [9.17, 15) is 4.79 Å². The Morgan fingerprint density at radius 3 is 2.69 bits per heavy atom. The van der Waals surface area contributed by atoms with Crippen molar-refractivity contribution in [2.45, 2.75) is 19.5 Å². The summed E-state index contributed by atoms with van der Waals surface area (Å²) in [7, 11) is 0. The normalized spacial score (nSPS) is 14.0. The van der Waals surface area contributed by atoms with Crippen LogP contribution in [0.3, 0.4) is 0 Å². The van der Waals surface area contributed by atoms with Gasteiger partial charge in [0.25, 0.3) is 5.91 Å². The largest absolute Gasteiger partial charge is 0.305 e. The third-order valence-electron chi connectivity index (χ3n) is 4.60. The Morgan fingerprint density at radius 2 is 1.92 bits per heavy atom. The maximum absolute atomic E-state index is 12.4. The van der Waals surface area contributed by atoms with E-state index in [0.717, 1.165) is 37.3 Å². The van der Waals surface area contributed by atoms with Gasteiger partial charge in [-0.15, -0.1) is 0 Å². The average Bonchev–Trinajstić information content (AvgIpc) is 3.05. The summed E-state index contributed by atoms with van der Waals surface area (Å²) in [6.45, 7) is 2.64. The van der Waals surface area contributed by atoms with E-state index in [4.69, 9.17) is 11.6 Å². The molecule has 1 aliphatic rings. The Hall–Kier alpha value is -2.63. The molecule has 2 heterocycles. The molecule has 0 aliphatic carbocycles. The highest BCUT2D eigenvalue weighted by Gasteiger charge is 2.23. The van der Waals surface area contributed by atoms with Crippen LogP contribution >= 0.6 is 11.6 Å². The molecule has 4 rings (SSSR count). The Bertz CT molecular complexity index is 905. The van der Waals surface area contributed by atoms with Gasteiger partial charge < -0.3 is 5.32 Å². The Balaban J connectivity index is 1.44. The standard InChI is InChI=1S/C20H19ClN4O/c21-16-8-6-15(7-9-16)20(26)22-19-17-10-11-25(13-18(17)23-24-19)12-14-4-2-1-3-5-14/h1-9H,10-13H2,(H2,22,23,24,26). The number of hydrogen-bond donors (Lipinski definition) is 2. The van der Waals surface area contributed by atoms with Crippen molar-refractivity contribution in [2.75, 3.05) is 11.9 Å². The molecular formula is C20H19ClN4O. The van der Waals surface area contributed by atoms with Crippen LogP contribution in [-0.2, 0) is 19.5 Å². The Labute approximate surface area is 157 Å². The zero-order valence-electron chi connectivity index (χ0n) is 14.2. The van der Waals surface area contributed by atoms with Gasteiger partial charge in [-0.05, 0) is 36.2 Å². The van der Waals surface area contributed by atoms with Crippen molar-refractivity contribution >= 4 is 23.3 Å². The van der Waals surface area contributed by atoms with E-state index in [0.29, 0.717) is 16.4 Å². The van der Waals surface area contributed by atoms with Gasteiger partial charge in [-0.25, -0.2) is 0 Å². The molecule has 0 radical (unpaired) electrons. The van der Waals surface area contributed by atoms with E-state index in [2.05, 4.69) is 44.7 Å². The molecule has 26 heavy (non-hydrogen) atoms. The molecule has 0 spiro atoms. The monoisotopic (exact) mass is 366 g/mol. The first-order valence-electron chi connectivity index (χ1n) is 8.58. The SMILES string of the molecule is O=C(Nc1n[nH]c2c1CCN(Cc1ccccc1)C2)c1ccc(Cl)cc1. The zero-order chi connectivity index (χ0) is 17.9. The quantitative estimate of drug-likeness (QED) is 0.736. The number of hydrogen-bond acceptors (Lipinski definition) is 3. The minimum absolute atomic E-state index is 0.178. The van der Waals surface area contributed by atoms with E-state index in [-0.39, 0.29) is 5.91 Å². The van der Waals surface area contributed by atoms with Gasteiger partial charge in [0, 0.05) is 35.8 Å². The highest BCUT2D eigenvalue weighted by Crippen LogP contribution is 2.25. The number of carbonyl (C=O) groups is 1. The minimum Gasteiger partial charge on any atom is -0.305 e. The number of H-pyrrole nitrogens is 1. The van der Waals surface area contributed by atoms with E-state index in [1.165, 1.54) is 5.56 Å². The summed E-state index contributed by atoms with van der Waals surface area (Å²) < 4.78 is 0. The molecule has 0 fully saturated rings. The molecule has 2 aromatic carbocycles. The van der Waals surface area contributed by atoms with E-state index < -0.39 is 0 Å². The van der Waals surface area contributed by atoms with Crippen molar-refractivity contribution in [3.05, 3.63) is 82.0 Å². The average molecular weight is 367 g/mol.